The maximum Gasteiger partial charge on any atom is 0.244 e. The first-order valence-corrected chi connectivity index (χ1v) is 5.68. The zero-order valence-corrected chi connectivity index (χ0v) is 9.79. The fourth-order valence-electron chi connectivity index (χ4n) is 1.84. The van der Waals surface area contributed by atoms with Crippen LogP contribution in [0.3, 0.4) is 0 Å². The monoisotopic (exact) mass is 218 g/mol. The van der Waals surface area contributed by atoms with Crippen LogP contribution in [-0.4, -0.2) is 11.4 Å². The van der Waals surface area contributed by atoms with E-state index in [4.69, 9.17) is 5.73 Å². The van der Waals surface area contributed by atoms with E-state index in [2.05, 4.69) is 5.32 Å². The minimum absolute atomic E-state index is 0.0794. The molecule has 1 fully saturated rings. The third kappa shape index (κ3) is 2.09. The van der Waals surface area contributed by atoms with E-state index >= 15 is 0 Å². The van der Waals surface area contributed by atoms with Gasteiger partial charge in [0.1, 0.15) is 0 Å². The number of nitrogens with one attached hydrogen (secondary N) is 1. The number of hydrogen-bond donors (Lipinski definition) is 2. The lowest BCUT2D eigenvalue weighted by Gasteiger charge is -2.23. The van der Waals surface area contributed by atoms with E-state index in [0.29, 0.717) is 5.92 Å². The molecule has 2 rings (SSSR count). The summed E-state index contributed by atoms with van der Waals surface area (Å²) in [6, 6.07) is 7.73. The highest BCUT2D eigenvalue weighted by molar-refractivity contribution is 5.98. The molecule has 1 unspecified atom stereocenters. The van der Waals surface area contributed by atoms with Crippen molar-refractivity contribution in [3.63, 3.8) is 0 Å². The van der Waals surface area contributed by atoms with Crippen molar-refractivity contribution in [3.8, 4) is 0 Å². The summed E-state index contributed by atoms with van der Waals surface area (Å²) in [5.74, 6) is 0.265. The molecule has 0 saturated heterocycles. The van der Waals surface area contributed by atoms with Gasteiger partial charge in [0.2, 0.25) is 5.91 Å². The molecule has 3 nitrogen and oxygen atoms in total. The predicted octanol–water partition coefficient (Wildman–Crippen LogP) is 2.06. The number of nitrogens with two attached hydrogens (primary N) is 1. The fourth-order valence-corrected chi connectivity index (χ4v) is 1.84. The summed E-state index contributed by atoms with van der Waals surface area (Å²) in [4.78, 5) is 12.0. The zero-order chi connectivity index (χ0) is 11.8. The maximum atomic E-state index is 12.0. The molecule has 0 heterocycles. The molecular formula is C13H18N2O. The van der Waals surface area contributed by atoms with Crippen LogP contribution in [0.1, 0.15) is 25.3 Å². The Morgan fingerprint density at radius 1 is 1.44 bits per heavy atom. The minimum Gasteiger partial charge on any atom is -0.324 e. The van der Waals surface area contributed by atoms with Gasteiger partial charge in [0, 0.05) is 5.69 Å². The van der Waals surface area contributed by atoms with Crippen molar-refractivity contribution < 1.29 is 4.79 Å². The third-order valence-electron chi connectivity index (χ3n) is 3.31. The first-order valence-electron chi connectivity index (χ1n) is 5.68. The molecule has 1 saturated carbocycles. The standard InChI is InChI=1S/C13H18N2O/c1-9-5-3-4-6-11(9)15-12(16)13(2,14)10-7-8-10/h3-6,10H,7-8,14H2,1-2H3,(H,15,16). The van der Waals surface area contributed by atoms with Crippen LogP contribution in [-0.2, 0) is 4.79 Å². The molecule has 1 atom stereocenters. The normalized spacial score (nSPS) is 18.9. The lowest BCUT2D eigenvalue weighted by atomic mass is 9.96. The van der Waals surface area contributed by atoms with E-state index in [1.165, 1.54) is 0 Å². The Bertz CT molecular complexity index is 408. The summed E-state index contributed by atoms with van der Waals surface area (Å²) in [5.41, 5.74) is 7.23. The molecule has 0 spiro atoms. The second-order valence-electron chi connectivity index (χ2n) is 4.83. The van der Waals surface area contributed by atoms with Crippen molar-refractivity contribution in [2.24, 2.45) is 11.7 Å². The zero-order valence-electron chi connectivity index (χ0n) is 9.79. The molecule has 1 aliphatic rings. The number of para-hydroxylation sites is 1. The number of carbonyl (C=O) groups is 1. The Hall–Kier alpha value is -1.35. The van der Waals surface area contributed by atoms with Crippen LogP contribution < -0.4 is 11.1 Å². The van der Waals surface area contributed by atoms with Gasteiger partial charge in [-0.2, -0.15) is 0 Å². The number of amides is 1. The second kappa shape index (κ2) is 3.91. The Kier molecular flexibility index (Phi) is 2.72. The third-order valence-corrected chi connectivity index (χ3v) is 3.31. The summed E-state index contributed by atoms with van der Waals surface area (Å²) in [6.45, 7) is 3.79. The molecule has 0 aromatic heterocycles. The molecule has 3 N–H and O–H groups in total. The first-order chi connectivity index (χ1) is 7.51. The van der Waals surface area contributed by atoms with E-state index in [0.717, 1.165) is 24.1 Å². The van der Waals surface area contributed by atoms with Gasteiger partial charge >= 0.3 is 0 Å². The molecule has 16 heavy (non-hydrogen) atoms. The van der Waals surface area contributed by atoms with Crippen LogP contribution in [0.2, 0.25) is 0 Å². The van der Waals surface area contributed by atoms with Crippen LogP contribution in [0.5, 0.6) is 0 Å². The quantitative estimate of drug-likeness (QED) is 0.816. The van der Waals surface area contributed by atoms with Crippen molar-refractivity contribution in [1.82, 2.24) is 0 Å². The lowest BCUT2D eigenvalue weighted by molar-refractivity contribution is -0.121. The lowest BCUT2D eigenvalue weighted by Crippen LogP contribution is -2.50. The summed E-state index contributed by atoms with van der Waals surface area (Å²) >= 11 is 0. The highest BCUT2D eigenvalue weighted by Crippen LogP contribution is 2.38. The van der Waals surface area contributed by atoms with Crippen LogP contribution in [0.25, 0.3) is 0 Å². The van der Waals surface area contributed by atoms with Crippen molar-refractivity contribution >= 4 is 11.6 Å². The Morgan fingerprint density at radius 3 is 2.62 bits per heavy atom. The molecule has 1 aromatic rings. The van der Waals surface area contributed by atoms with Gasteiger partial charge in [-0.1, -0.05) is 18.2 Å². The van der Waals surface area contributed by atoms with Gasteiger partial charge < -0.3 is 11.1 Å². The van der Waals surface area contributed by atoms with Gasteiger partial charge in [-0.3, -0.25) is 4.79 Å². The van der Waals surface area contributed by atoms with Crippen LogP contribution in [0.15, 0.2) is 24.3 Å². The van der Waals surface area contributed by atoms with Crippen molar-refractivity contribution in [2.75, 3.05) is 5.32 Å². The van der Waals surface area contributed by atoms with Gasteiger partial charge in [0.25, 0.3) is 0 Å². The number of carbonyl (C=O) groups excluding carboxylic acids is 1. The highest BCUT2D eigenvalue weighted by atomic mass is 16.2. The van der Waals surface area contributed by atoms with Crippen LogP contribution >= 0.6 is 0 Å². The van der Waals surface area contributed by atoms with Crippen molar-refractivity contribution in [1.29, 1.82) is 0 Å². The maximum absolute atomic E-state index is 12.0. The minimum atomic E-state index is -0.734. The summed E-state index contributed by atoms with van der Waals surface area (Å²) in [7, 11) is 0. The van der Waals surface area contributed by atoms with E-state index in [-0.39, 0.29) is 5.91 Å². The second-order valence-corrected chi connectivity index (χ2v) is 4.83. The number of benzene rings is 1. The van der Waals surface area contributed by atoms with Gasteiger partial charge in [0.15, 0.2) is 0 Å². The molecule has 86 valence electrons. The molecule has 1 aromatic carbocycles. The molecule has 0 bridgehead atoms. The molecule has 1 amide bonds. The summed E-state index contributed by atoms with van der Waals surface area (Å²) < 4.78 is 0. The van der Waals surface area contributed by atoms with Gasteiger partial charge in [-0.05, 0) is 44.2 Å². The molecule has 0 radical (unpaired) electrons. The van der Waals surface area contributed by atoms with Crippen LogP contribution in [0, 0.1) is 12.8 Å². The average molecular weight is 218 g/mol. The van der Waals surface area contributed by atoms with Crippen molar-refractivity contribution in [2.45, 2.75) is 32.2 Å². The average Bonchev–Trinajstić information content (AvgIpc) is 3.04. The number of aryl methyl sites for hydroxylation is 1. The Balaban J connectivity index is 2.10. The van der Waals surface area contributed by atoms with E-state index in [1.807, 2.05) is 38.1 Å². The summed E-state index contributed by atoms with van der Waals surface area (Å²) in [6.07, 6.45) is 2.13. The van der Waals surface area contributed by atoms with E-state index < -0.39 is 5.54 Å². The number of rotatable bonds is 3. The smallest absolute Gasteiger partial charge is 0.244 e. The molecular weight excluding hydrogens is 200 g/mol. The topological polar surface area (TPSA) is 55.1 Å². The number of hydrogen-bond acceptors (Lipinski definition) is 2. The van der Waals surface area contributed by atoms with Gasteiger partial charge in [-0.15, -0.1) is 0 Å². The van der Waals surface area contributed by atoms with E-state index in [9.17, 15) is 4.79 Å². The predicted molar refractivity (Wildman–Crippen MR) is 65.1 cm³/mol. The Morgan fingerprint density at radius 2 is 2.06 bits per heavy atom. The fraction of sp³-hybridized carbons (Fsp3) is 0.462. The molecule has 3 heteroatoms. The van der Waals surface area contributed by atoms with Crippen LogP contribution in [0.4, 0.5) is 5.69 Å². The Labute approximate surface area is 96.0 Å². The highest BCUT2D eigenvalue weighted by Gasteiger charge is 2.44. The largest absolute Gasteiger partial charge is 0.324 e. The molecule has 1 aliphatic carbocycles. The first kappa shape index (κ1) is 11.1. The van der Waals surface area contributed by atoms with Gasteiger partial charge in [-0.25, -0.2) is 0 Å². The van der Waals surface area contributed by atoms with Gasteiger partial charge in [0.05, 0.1) is 5.54 Å². The van der Waals surface area contributed by atoms with E-state index in [1.54, 1.807) is 0 Å². The number of anilines is 1. The van der Waals surface area contributed by atoms with Crippen molar-refractivity contribution in [3.05, 3.63) is 29.8 Å². The molecule has 0 aliphatic heterocycles. The summed E-state index contributed by atoms with van der Waals surface area (Å²) in [5, 5.41) is 2.91. The SMILES string of the molecule is Cc1ccccc1NC(=O)C(C)(N)C1CC1.